The number of carbonyl (C=O) groups is 1. The number of fused-ring (bicyclic) bond motifs is 1. The average molecular weight is 434 g/mol. The van der Waals surface area contributed by atoms with Crippen molar-refractivity contribution in [3.63, 3.8) is 0 Å². The Morgan fingerprint density at radius 2 is 1.82 bits per heavy atom. The Morgan fingerprint density at radius 1 is 0.970 bits per heavy atom. The molecule has 0 bridgehead atoms. The van der Waals surface area contributed by atoms with Crippen molar-refractivity contribution in [2.24, 2.45) is 0 Å². The van der Waals surface area contributed by atoms with Crippen molar-refractivity contribution >= 4 is 17.2 Å². The Labute approximate surface area is 191 Å². The quantitative estimate of drug-likeness (QED) is 0.365. The molecule has 6 nitrogen and oxygen atoms in total. The molecular formula is C27H22N4O2. The van der Waals surface area contributed by atoms with E-state index in [9.17, 15) is 4.79 Å². The molecule has 0 aliphatic rings. The number of imidazole rings is 1. The Kier molecular flexibility index (Phi) is 5.32. The highest BCUT2D eigenvalue weighted by atomic mass is 16.5. The van der Waals surface area contributed by atoms with Gasteiger partial charge in [0.1, 0.15) is 11.4 Å². The Morgan fingerprint density at radius 3 is 2.58 bits per heavy atom. The van der Waals surface area contributed by atoms with Crippen LogP contribution in [0.5, 0.6) is 11.6 Å². The van der Waals surface area contributed by atoms with E-state index in [1.165, 1.54) is 0 Å². The minimum atomic E-state index is -0.253. The van der Waals surface area contributed by atoms with E-state index in [1.807, 2.05) is 91.3 Å². The number of aryl methyl sites for hydroxylation is 2. The molecule has 0 saturated heterocycles. The molecule has 33 heavy (non-hydrogen) atoms. The second kappa shape index (κ2) is 8.59. The van der Waals surface area contributed by atoms with Crippen LogP contribution >= 0.6 is 0 Å². The minimum Gasteiger partial charge on any atom is -0.438 e. The molecule has 0 unspecified atom stereocenters. The van der Waals surface area contributed by atoms with Crippen LogP contribution in [0.2, 0.25) is 0 Å². The van der Waals surface area contributed by atoms with Crippen LogP contribution < -0.4 is 10.1 Å². The number of pyridine rings is 2. The fraction of sp³-hybridized carbons (Fsp3) is 0.0741. The molecule has 0 aliphatic heterocycles. The fourth-order valence-corrected chi connectivity index (χ4v) is 3.64. The second-order valence-electron chi connectivity index (χ2n) is 7.85. The third kappa shape index (κ3) is 4.32. The standard InChI is InChI=1S/C27H22N4O2/c1-18-8-13-22(24(16-18)33-25-7-3-4-14-28-25)27(32)29-21-11-9-20(10-12-21)23-17-31-15-5-6-19(2)26(31)30-23/h3-17H,1-2H3,(H,29,32). The third-order valence-corrected chi connectivity index (χ3v) is 5.35. The summed E-state index contributed by atoms with van der Waals surface area (Å²) in [5, 5.41) is 2.95. The first-order valence-electron chi connectivity index (χ1n) is 10.6. The number of carbonyl (C=O) groups excluding carboxylic acids is 1. The molecule has 1 N–H and O–H groups in total. The number of ether oxygens (including phenoxy) is 1. The SMILES string of the molecule is Cc1ccc(C(=O)Nc2ccc(-c3cn4cccc(C)c4n3)cc2)c(Oc2ccccn2)c1. The van der Waals surface area contributed by atoms with Crippen LogP contribution in [-0.4, -0.2) is 20.3 Å². The summed E-state index contributed by atoms with van der Waals surface area (Å²) in [6.07, 6.45) is 5.64. The lowest BCUT2D eigenvalue weighted by Crippen LogP contribution is -2.13. The number of hydrogen-bond acceptors (Lipinski definition) is 4. The molecule has 162 valence electrons. The highest BCUT2D eigenvalue weighted by Crippen LogP contribution is 2.27. The molecule has 5 rings (SSSR count). The largest absolute Gasteiger partial charge is 0.438 e. The van der Waals surface area contributed by atoms with E-state index in [0.29, 0.717) is 22.9 Å². The van der Waals surface area contributed by atoms with Gasteiger partial charge in [-0.2, -0.15) is 0 Å². The van der Waals surface area contributed by atoms with Gasteiger partial charge in [-0.1, -0.05) is 30.3 Å². The molecule has 0 fully saturated rings. The molecule has 0 aliphatic carbocycles. The molecule has 3 aromatic heterocycles. The molecule has 6 heteroatoms. The van der Waals surface area contributed by atoms with Gasteiger partial charge in [-0.15, -0.1) is 0 Å². The van der Waals surface area contributed by atoms with Crippen molar-refractivity contribution in [2.75, 3.05) is 5.32 Å². The highest BCUT2D eigenvalue weighted by Gasteiger charge is 2.15. The van der Waals surface area contributed by atoms with Crippen LogP contribution in [0.4, 0.5) is 5.69 Å². The molecule has 0 saturated carbocycles. The summed E-state index contributed by atoms with van der Waals surface area (Å²) < 4.78 is 7.90. The summed E-state index contributed by atoms with van der Waals surface area (Å²) in [6, 6.07) is 22.6. The molecule has 0 spiro atoms. The predicted octanol–water partition coefficient (Wildman–Crippen LogP) is 6.06. The van der Waals surface area contributed by atoms with Crippen LogP contribution in [0.1, 0.15) is 21.5 Å². The maximum atomic E-state index is 13.0. The Bertz CT molecular complexity index is 1440. The van der Waals surface area contributed by atoms with Gasteiger partial charge in [0.25, 0.3) is 5.91 Å². The van der Waals surface area contributed by atoms with Gasteiger partial charge in [0, 0.05) is 35.9 Å². The summed E-state index contributed by atoms with van der Waals surface area (Å²) >= 11 is 0. The van der Waals surface area contributed by atoms with Gasteiger partial charge in [0.15, 0.2) is 0 Å². The van der Waals surface area contributed by atoms with Crippen LogP contribution in [0.3, 0.4) is 0 Å². The van der Waals surface area contributed by atoms with E-state index in [4.69, 9.17) is 9.72 Å². The van der Waals surface area contributed by atoms with Gasteiger partial charge in [0.2, 0.25) is 5.88 Å². The van der Waals surface area contributed by atoms with E-state index in [2.05, 4.69) is 10.3 Å². The zero-order valence-corrected chi connectivity index (χ0v) is 18.3. The highest BCUT2D eigenvalue weighted by molar-refractivity contribution is 6.06. The molecule has 5 aromatic rings. The number of nitrogens with zero attached hydrogens (tertiary/aromatic N) is 3. The molecular weight excluding hydrogens is 412 g/mol. The van der Waals surface area contributed by atoms with Crippen molar-refractivity contribution in [2.45, 2.75) is 13.8 Å². The van der Waals surface area contributed by atoms with E-state index in [1.54, 1.807) is 18.3 Å². The molecule has 0 atom stereocenters. The maximum Gasteiger partial charge on any atom is 0.259 e. The van der Waals surface area contributed by atoms with E-state index in [-0.39, 0.29) is 5.91 Å². The smallest absolute Gasteiger partial charge is 0.259 e. The summed E-state index contributed by atoms with van der Waals surface area (Å²) in [5.74, 6) is 0.643. The lowest BCUT2D eigenvalue weighted by Gasteiger charge is -2.12. The van der Waals surface area contributed by atoms with Gasteiger partial charge >= 0.3 is 0 Å². The van der Waals surface area contributed by atoms with Crippen LogP contribution in [0.15, 0.2) is 91.4 Å². The monoisotopic (exact) mass is 434 g/mol. The van der Waals surface area contributed by atoms with Crippen molar-refractivity contribution in [1.82, 2.24) is 14.4 Å². The van der Waals surface area contributed by atoms with Crippen LogP contribution in [-0.2, 0) is 0 Å². The van der Waals surface area contributed by atoms with Gasteiger partial charge < -0.3 is 14.5 Å². The van der Waals surface area contributed by atoms with Crippen molar-refractivity contribution in [3.05, 3.63) is 108 Å². The van der Waals surface area contributed by atoms with Crippen LogP contribution in [0, 0.1) is 13.8 Å². The maximum absolute atomic E-state index is 13.0. The number of nitrogens with one attached hydrogen (secondary N) is 1. The summed E-state index contributed by atoms with van der Waals surface area (Å²) in [7, 11) is 0. The second-order valence-corrected chi connectivity index (χ2v) is 7.85. The van der Waals surface area contributed by atoms with Crippen LogP contribution in [0.25, 0.3) is 16.9 Å². The van der Waals surface area contributed by atoms with Crippen molar-refractivity contribution in [1.29, 1.82) is 0 Å². The number of rotatable bonds is 5. The van der Waals surface area contributed by atoms with E-state index >= 15 is 0 Å². The number of amides is 1. The van der Waals surface area contributed by atoms with Gasteiger partial charge in [-0.05, 0) is 61.4 Å². The van der Waals surface area contributed by atoms with Crippen molar-refractivity contribution < 1.29 is 9.53 Å². The van der Waals surface area contributed by atoms with Gasteiger partial charge in [-0.3, -0.25) is 4.79 Å². The summed E-state index contributed by atoms with van der Waals surface area (Å²) in [6.45, 7) is 3.99. The normalized spacial score (nSPS) is 10.8. The first-order valence-corrected chi connectivity index (χ1v) is 10.6. The summed E-state index contributed by atoms with van der Waals surface area (Å²) in [4.78, 5) is 21.9. The molecule has 0 radical (unpaired) electrons. The van der Waals surface area contributed by atoms with Gasteiger partial charge in [-0.25, -0.2) is 9.97 Å². The lowest BCUT2D eigenvalue weighted by molar-refractivity contribution is 0.102. The Hall–Kier alpha value is -4.45. The van der Waals surface area contributed by atoms with Crippen molar-refractivity contribution in [3.8, 4) is 22.9 Å². The zero-order chi connectivity index (χ0) is 22.8. The minimum absolute atomic E-state index is 0.253. The van der Waals surface area contributed by atoms with E-state index < -0.39 is 0 Å². The predicted molar refractivity (Wildman–Crippen MR) is 129 cm³/mol. The lowest BCUT2D eigenvalue weighted by atomic mass is 10.1. The molecule has 1 amide bonds. The van der Waals surface area contributed by atoms with E-state index in [0.717, 1.165) is 28.0 Å². The number of benzene rings is 2. The number of anilines is 1. The summed E-state index contributed by atoms with van der Waals surface area (Å²) in [5.41, 5.74) is 6.03. The average Bonchev–Trinajstić information content (AvgIpc) is 3.26. The molecule has 2 aromatic carbocycles. The third-order valence-electron chi connectivity index (χ3n) is 5.35. The number of hydrogen-bond donors (Lipinski definition) is 1. The van der Waals surface area contributed by atoms with Gasteiger partial charge in [0.05, 0.1) is 11.3 Å². The first kappa shape index (κ1) is 20.5. The fourth-order valence-electron chi connectivity index (χ4n) is 3.64. The Balaban J connectivity index is 1.36. The molecule has 3 heterocycles. The topological polar surface area (TPSA) is 68.5 Å². The zero-order valence-electron chi connectivity index (χ0n) is 18.3. The number of aromatic nitrogens is 3. The first-order chi connectivity index (χ1) is 16.1.